The van der Waals surface area contributed by atoms with E-state index in [-0.39, 0.29) is 0 Å². The van der Waals surface area contributed by atoms with Crippen molar-refractivity contribution < 1.29 is 0 Å². The van der Waals surface area contributed by atoms with Crippen LogP contribution in [0.5, 0.6) is 0 Å². The molecule has 0 spiro atoms. The van der Waals surface area contributed by atoms with E-state index in [2.05, 4.69) is 95.2 Å². The number of anilines is 1. The summed E-state index contributed by atoms with van der Waals surface area (Å²) in [5.74, 6) is 0. The summed E-state index contributed by atoms with van der Waals surface area (Å²) in [5, 5.41) is 0. The average molecular weight is 504 g/mol. The summed E-state index contributed by atoms with van der Waals surface area (Å²) < 4.78 is 0. The maximum absolute atomic E-state index is 2.26. The summed E-state index contributed by atoms with van der Waals surface area (Å²) >= 11 is 0. The smallest absolute Gasteiger partial charge is 0.0428 e. The van der Waals surface area contributed by atoms with Gasteiger partial charge in [0.1, 0.15) is 0 Å². The van der Waals surface area contributed by atoms with E-state index in [1.807, 2.05) is 50.2 Å². The fourth-order valence-electron chi connectivity index (χ4n) is 5.22. The Balaban J connectivity index is 0.000000545. The van der Waals surface area contributed by atoms with E-state index in [0.29, 0.717) is 0 Å². The molecule has 0 radical (unpaired) electrons. The van der Waals surface area contributed by atoms with Crippen LogP contribution >= 0.6 is 0 Å². The van der Waals surface area contributed by atoms with Gasteiger partial charge in [-0.25, -0.2) is 0 Å². The summed E-state index contributed by atoms with van der Waals surface area (Å²) in [6, 6.07) is 12.0. The average Bonchev–Trinajstić information content (AvgIpc) is 2.92. The van der Waals surface area contributed by atoms with Gasteiger partial charge in [-0.2, -0.15) is 0 Å². The highest BCUT2D eigenvalue weighted by molar-refractivity contribution is 5.66. The van der Waals surface area contributed by atoms with Gasteiger partial charge in [0.2, 0.25) is 0 Å². The molecular weight excluding hydrogens is 446 g/mol. The Morgan fingerprint density at radius 1 is 0.405 bits per heavy atom. The third-order valence-corrected chi connectivity index (χ3v) is 7.91. The zero-order valence-corrected chi connectivity index (χ0v) is 27.0. The van der Waals surface area contributed by atoms with Gasteiger partial charge in [0.15, 0.2) is 0 Å². The predicted molar refractivity (Wildman–Crippen MR) is 171 cm³/mol. The second kappa shape index (κ2) is 17.1. The van der Waals surface area contributed by atoms with Gasteiger partial charge in [0.05, 0.1) is 0 Å². The number of nitrogens with zero attached hydrogens (tertiary/aromatic N) is 1. The minimum Gasteiger partial charge on any atom is -0.377 e. The second-order valence-electron chi connectivity index (χ2n) is 9.89. The first-order valence-corrected chi connectivity index (χ1v) is 14.3. The maximum atomic E-state index is 2.26. The normalized spacial score (nSPS) is 9.81. The van der Waals surface area contributed by atoms with E-state index in [9.17, 15) is 0 Å². The lowest BCUT2D eigenvalue weighted by molar-refractivity contribution is 0.978. The van der Waals surface area contributed by atoms with Crippen LogP contribution in [0.3, 0.4) is 0 Å². The molecule has 0 saturated carbocycles. The summed E-state index contributed by atoms with van der Waals surface area (Å²) in [6.45, 7) is 28.7. The molecule has 0 N–H and O–H groups in total. The monoisotopic (exact) mass is 503 g/mol. The van der Waals surface area contributed by atoms with Crippen LogP contribution in [0.25, 0.3) is 0 Å². The molecule has 0 aliphatic rings. The van der Waals surface area contributed by atoms with E-state index in [1.165, 1.54) is 55.8 Å². The maximum Gasteiger partial charge on any atom is 0.0428 e. The fourth-order valence-corrected chi connectivity index (χ4v) is 5.22. The molecule has 3 aromatic rings. The van der Waals surface area contributed by atoms with Gasteiger partial charge in [-0.15, -0.1) is 0 Å². The van der Waals surface area contributed by atoms with Gasteiger partial charge >= 0.3 is 0 Å². The van der Waals surface area contributed by atoms with E-state index in [1.54, 1.807) is 11.1 Å². The predicted octanol–water partition coefficient (Wildman–Crippen LogP) is 10.3. The quantitative estimate of drug-likeness (QED) is 0.342. The Hall–Kier alpha value is -2.54. The Bertz CT molecular complexity index is 1030. The van der Waals surface area contributed by atoms with Gasteiger partial charge < -0.3 is 4.90 Å². The molecule has 206 valence electrons. The van der Waals surface area contributed by atoms with E-state index in [0.717, 1.165) is 19.3 Å². The Morgan fingerprint density at radius 3 is 0.892 bits per heavy atom. The zero-order valence-electron chi connectivity index (χ0n) is 27.0. The van der Waals surface area contributed by atoms with Gasteiger partial charge in [-0.3, -0.25) is 0 Å². The minimum absolute atomic E-state index is 1.11. The molecule has 0 aliphatic carbocycles. The largest absolute Gasteiger partial charge is 0.377 e. The van der Waals surface area contributed by atoms with Crippen molar-refractivity contribution in [2.24, 2.45) is 0 Å². The van der Waals surface area contributed by atoms with Crippen molar-refractivity contribution >= 4 is 5.69 Å². The molecule has 0 saturated heterocycles. The molecule has 1 nitrogen and oxygen atoms in total. The molecular formula is C36H57N. The molecule has 0 amide bonds. The first kappa shape index (κ1) is 34.5. The lowest BCUT2D eigenvalue weighted by Crippen LogP contribution is -2.15. The van der Waals surface area contributed by atoms with E-state index in [4.69, 9.17) is 0 Å². The second-order valence-corrected chi connectivity index (χ2v) is 9.89. The lowest BCUT2D eigenvalue weighted by Gasteiger charge is -2.25. The third kappa shape index (κ3) is 8.77. The molecule has 37 heavy (non-hydrogen) atoms. The standard InChI is InChI=1S/C14H23N.C14H22.C6H6.C2H6/c1-8-13-11(4)9(2)10(3)12(5)14(13)15(6)7;1-7-13-11(5)9(3)10(4)12(6)14(13)8-2;1-2-4-6-5-3-1;1-2/h8H2,1-7H3;7-8H2,1-6H3;1-6H;1-2H3. The highest BCUT2D eigenvalue weighted by Crippen LogP contribution is 2.32. The topological polar surface area (TPSA) is 3.24 Å². The number of hydrogen-bond acceptors (Lipinski definition) is 1. The van der Waals surface area contributed by atoms with Crippen molar-refractivity contribution in [1.29, 1.82) is 0 Å². The molecule has 1 heteroatoms. The van der Waals surface area contributed by atoms with Crippen LogP contribution in [0.1, 0.15) is 95.8 Å². The third-order valence-electron chi connectivity index (χ3n) is 7.91. The van der Waals surface area contributed by atoms with Gasteiger partial charge in [-0.05, 0) is 136 Å². The molecule has 0 heterocycles. The van der Waals surface area contributed by atoms with Crippen LogP contribution < -0.4 is 4.90 Å². The van der Waals surface area contributed by atoms with Crippen LogP contribution in [-0.4, -0.2) is 14.1 Å². The van der Waals surface area contributed by atoms with Crippen molar-refractivity contribution in [1.82, 2.24) is 0 Å². The van der Waals surface area contributed by atoms with Crippen LogP contribution in [0.4, 0.5) is 5.69 Å². The van der Waals surface area contributed by atoms with Crippen LogP contribution in [-0.2, 0) is 19.3 Å². The molecule has 0 bridgehead atoms. The first-order chi connectivity index (χ1) is 17.5. The van der Waals surface area contributed by atoms with Crippen molar-refractivity contribution in [2.45, 2.75) is 109 Å². The summed E-state index contributed by atoms with van der Waals surface area (Å²) in [7, 11) is 4.27. The summed E-state index contributed by atoms with van der Waals surface area (Å²) in [4.78, 5) is 2.24. The Kier molecular flexibility index (Phi) is 15.9. The minimum atomic E-state index is 1.11. The molecule has 0 fully saturated rings. The Morgan fingerprint density at radius 2 is 0.649 bits per heavy atom. The fraction of sp³-hybridized carbons (Fsp3) is 0.500. The van der Waals surface area contributed by atoms with Gasteiger partial charge in [0.25, 0.3) is 0 Å². The zero-order chi connectivity index (χ0) is 28.9. The van der Waals surface area contributed by atoms with E-state index >= 15 is 0 Å². The summed E-state index contributed by atoms with van der Waals surface area (Å²) in [6.07, 6.45) is 3.44. The van der Waals surface area contributed by atoms with Crippen LogP contribution in [0, 0.1) is 55.4 Å². The molecule has 0 aliphatic heterocycles. The lowest BCUT2D eigenvalue weighted by atomic mass is 9.87. The molecule has 3 aromatic carbocycles. The molecule has 3 rings (SSSR count). The highest BCUT2D eigenvalue weighted by atomic mass is 15.1. The molecule has 0 atom stereocenters. The van der Waals surface area contributed by atoms with Gasteiger partial charge in [0, 0.05) is 19.8 Å². The molecule has 0 unspecified atom stereocenters. The number of rotatable bonds is 4. The van der Waals surface area contributed by atoms with Crippen molar-refractivity contribution in [3.8, 4) is 0 Å². The van der Waals surface area contributed by atoms with Crippen LogP contribution in [0.15, 0.2) is 36.4 Å². The van der Waals surface area contributed by atoms with Crippen molar-refractivity contribution in [3.63, 3.8) is 0 Å². The van der Waals surface area contributed by atoms with Crippen LogP contribution in [0.2, 0.25) is 0 Å². The molecule has 0 aromatic heterocycles. The number of benzene rings is 3. The van der Waals surface area contributed by atoms with Gasteiger partial charge in [-0.1, -0.05) is 71.0 Å². The first-order valence-electron chi connectivity index (χ1n) is 14.3. The SMILES string of the molecule is CC.CCc1c(C)c(C)c(C)c(C)c1CC.CCc1c(C)c(C)c(C)c(C)c1N(C)C.c1ccccc1. The number of hydrogen-bond donors (Lipinski definition) is 0. The van der Waals surface area contributed by atoms with Crippen molar-refractivity contribution in [3.05, 3.63) is 97.6 Å². The highest BCUT2D eigenvalue weighted by Gasteiger charge is 2.15. The Labute approximate surface area is 231 Å². The summed E-state index contributed by atoms with van der Waals surface area (Å²) in [5.41, 5.74) is 17.8. The van der Waals surface area contributed by atoms with E-state index < -0.39 is 0 Å². The van der Waals surface area contributed by atoms with Crippen molar-refractivity contribution in [2.75, 3.05) is 19.0 Å².